The van der Waals surface area contributed by atoms with Gasteiger partial charge in [-0.25, -0.2) is 17.5 Å². The van der Waals surface area contributed by atoms with Crippen molar-refractivity contribution in [2.24, 2.45) is 5.92 Å². The van der Waals surface area contributed by atoms with Crippen LogP contribution in [0.15, 0.2) is 42.5 Å². The SMILES string of the molecule is COC(=O)c1ccccc1NC(=O)c1ccc(N2C(=O)C(C)CS2(=O)=O)cc1Cl. The Labute approximate surface area is 172 Å². The minimum Gasteiger partial charge on any atom is -0.465 e. The fraction of sp³-hybridized carbons (Fsp3) is 0.211. The number of carbonyl (C=O) groups excluding carboxylic acids is 3. The average molecular weight is 437 g/mol. The Hall–Kier alpha value is -2.91. The normalized spacial score (nSPS) is 17.8. The van der Waals surface area contributed by atoms with E-state index in [0.29, 0.717) is 4.31 Å². The molecule has 29 heavy (non-hydrogen) atoms. The van der Waals surface area contributed by atoms with Gasteiger partial charge in [0.2, 0.25) is 15.9 Å². The number of rotatable bonds is 4. The first-order valence-electron chi connectivity index (χ1n) is 8.51. The second-order valence-electron chi connectivity index (χ2n) is 6.44. The molecular weight excluding hydrogens is 420 g/mol. The van der Waals surface area contributed by atoms with Crippen LogP contribution in [0.1, 0.15) is 27.6 Å². The van der Waals surface area contributed by atoms with Crippen molar-refractivity contribution in [3.05, 3.63) is 58.6 Å². The Morgan fingerprint density at radius 2 is 1.86 bits per heavy atom. The van der Waals surface area contributed by atoms with Gasteiger partial charge in [0, 0.05) is 0 Å². The summed E-state index contributed by atoms with van der Waals surface area (Å²) in [4.78, 5) is 36.7. The molecule has 0 bridgehead atoms. The summed E-state index contributed by atoms with van der Waals surface area (Å²) in [6, 6.07) is 10.2. The van der Waals surface area contributed by atoms with E-state index in [-0.39, 0.29) is 33.3 Å². The number of carbonyl (C=O) groups is 3. The fourth-order valence-electron chi connectivity index (χ4n) is 2.97. The van der Waals surface area contributed by atoms with Gasteiger partial charge in [0.15, 0.2) is 0 Å². The molecule has 1 N–H and O–H groups in total. The van der Waals surface area contributed by atoms with E-state index in [4.69, 9.17) is 11.6 Å². The zero-order valence-electron chi connectivity index (χ0n) is 15.5. The van der Waals surface area contributed by atoms with Crippen LogP contribution in [-0.4, -0.2) is 39.1 Å². The van der Waals surface area contributed by atoms with Crippen molar-refractivity contribution in [1.82, 2.24) is 0 Å². The monoisotopic (exact) mass is 436 g/mol. The van der Waals surface area contributed by atoms with E-state index in [1.165, 1.54) is 44.4 Å². The number of benzene rings is 2. The summed E-state index contributed by atoms with van der Waals surface area (Å²) in [6.07, 6.45) is 0. The molecular formula is C19H17ClN2O6S. The van der Waals surface area contributed by atoms with E-state index < -0.39 is 33.7 Å². The maximum atomic E-state index is 12.6. The van der Waals surface area contributed by atoms with E-state index >= 15 is 0 Å². The summed E-state index contributed by atoms with van der Waals surface area (Å²) in [5.74, 6) is -2.71. The van der Waals surface area contributed by atoms with Gasteiger partial charge in [-0.05, 0) is 30.3 Å². The molecule has 0 aromatic heterocycles. The second-order valence-corrected chi connectivity index (χ2v) is 8.71. The van der Waals surface area contributed by atoms with Crippen LogP contribution in [0, 0.1) is 5.92 Å². The van der Waals surface area contributed by atoms with Gasteiger partial charge < -0.3 is 10.1 Å². The topological polar surface area (TPSA) is 110 Å². The smallest absolute Gasteiger partial charge is 0.339 e. The van der Waals surface area contributed by atoms with Crippen LogP contribution in [0.2, 0.25) is 5.02 Å². The van der Waals surface area contributed by atoms with Gasteiger partial charge in [-0.1, -0.05) is 30.7 Å². The summed E-state index contributed by atoms with van der Waals surface area (Å²) in [5, 5.41) is 2.54. The highest BCUT2D eigenvalue weighted by molar-refractivity contribution is 7.94. The maximum absolute atomic E-state index is 12.6. The quantitative estimate of drug-likeness (QED) is 0.738. The Bertz CT molecular complexity index is 1120. The van der Waals surface area contributed by atoms with Crippen LogP contribution < -0.4 is 9.62 Å². The van der Waals surface area contributed by atoms with Gasteiger partial charge in [-0.2, -0.15) is 0 Å². The molecule has 2 aromatic rings. The van der Waals surface area contributed by atoms with Crippen LogP contribution in [0.25, 0.3) is 0 Å². The zero-order chi connectivity index (χ0) is 21.3. The molecule has 1 saturated heterocycles. The largest absolute Gasteiger partial charge is 0.465 e. The van der Waals surface area contributed by atoms with Crippen molar-refractivity contribution in [3.8, 4) is 0 Å². The second kappa shape index (κ2) is 7.84. The number of ether oxygens (including phenoxy) is 1. The average Bonchev–Trinajstić information content (AvgIpc) is 2.88. The Morgan fingerprint density at radius 3 is 2.45 bits per heavy atom. The molecule has 152 valence electrons. The summed E-state index contributed by atoms with van der Waals surface area (Å²) in [5.41, 5.74) is 0.512. The Balaban J connectivity index is 1.89. The van der Waals surface area contributed by atoms with Crippen LogP contribution in [0.3, 0.4) is 0 Å². The first-order valence-corrected chi connectivity index (χ1v) is 10.5. The molecule has 1 heterocycles. The molecule has 3 rings (SSSR count). The molecule has 0 aliphatic carbocycles. The van der Waals surface area contributed by atoms with Gasteiger partial charge in [-0.3, -0.25) is 9.59 Å². The molecule has 0 radical (unpaired) electrons. The van der Waals surface area contributed by atoms with E-state index in [2.05, 4.69) is 10.1 Å². The van der Waals surface area contributed by atoms with Gasteiger partial charge in [0.1, 0.15) is 0 Å². The van der Waals surface area contributed by atoms with Crippen LogP contribution in [0.5, 0.6) is 0 Å². The third-order valence-electron chi connectivity index (χ3n) is 4.37. The number of hydrogen-bond donors (Lipinski definition) is 1. The predicted molar refractivity (Wildman–Crippen MR) is 108 cm³/mol. The van der Waals surface area contributed by atoms with Crippen LogP contribution in [0.4, 0.5) is 11.4 Å². The number of nitrogens with zero attached hydrogens (tertiary/aromatic N) is 1. The lowest BCUT2D eigenvalue weighted by Crippen LogP contribution is -2.30. The lowest BCUT2D eigenvalue weighted by atomic mass is 10.1. The number of amides is 2. The highest BCUT2D eigenvalue weighted by Gasteiger charge is 2.42. The van der Waals surface area contributed by atoms with Gasteiger partial charge >= 0.3 is 5.97 Å². The predicted octanol–water partition coefficient (Wildman–Crippen LogP) is 2.69. The van der Waals surface area contributed by atoms with Crippen molar-refractivity contribution < 1.29 is 27.5 Å². The molecule has 2 amide bonds. The third kappa shape index (κ3) is 3.96. The van der Waals surface area contributed by atoms with Crippen LogP contribution >= 0.6 is 11.6 Å². The molecule has 1 aliphatic heterocycles. The maximum Gasteiger partial charge on any atom is 0.339 e. The molecule has 1 atom stereocenters. The fourth-order valence-corrected chi connectivity index (χ4v) is 5.04. The third-order valence-corrected chi connectivity index (χ3v) is 6.55. The summed E-state index contributed by atoms with van der Waals surface area (Å²) in [6.45, 7) is 1.53. The van der Waals surface area contributed by atoms with Gasteiger partial charge in [0.25, 0.3) is 5.91 Å². The Morgan fingerprint density at radius 1 is 1.17 bits per heavy atom. The standard InChI is InChI=1S/C19H17ClN2O6S/c1-11-10-29(26,27)22(18(11)24)12-7-8-13(15(20)9-12)17(23)21-16-6-4-3-5-14(16)19(25)28-2/h3-9,11H,10H2,1-2H3,(H,21,23). The van der Waals surface area contributed by atoms with E-state index in [0.717, 1.165) is 0 Å². The number of nitrogens with one attached hydrogen (secondary N) is 1. The first kappa shape index (κ1) is 20.8. The molecule has 1 fully saturated rings. The van der Waals surface area contributed by atoms with Crippen molar-refractivity contribution in [1.29, 1.82) is 0 Å². The summed E-state index contributed by atoms with van der Waals surface area (Å²) < 4.78 is 29.8. The van der Waals surface area contributed by atoms with E-state index in [1.54, 1.807) is 12.1 Å². The van der Waals surface area contributed by atoms with Crippen molar-refractivity contribution in [3.63, 3.8) is 0 Å². The molecule has 2 aromatic carbocycles. The number of methoxy groups -OCH3 is 1. The van der Waals surface area contributed by atoms with E-state index in [9.17, 15) is 22.8 Å². The van der Waals surface area contributed by atoms with Crippen LogP contribution in [-0.2, 0) is 19.6 Å². The number of halogens is 1. The van der Waals surface area contributed by atoms with Crippen molar-refractivity contribution in [2.75, 3.05) is 22.5 Å². The molecule has 10 heteroatoms. The number of hydrogen-bond acceptors (Lipinski definition) is 6. The summed E-state index contributed by atoms with van der Waals surface area (Å²) in [7, 11) is -2.55. The summed E-state index contributed by atoms with van der Waals surface area (Å²) >= 11 is 6.19. The number of para-hydroxylation sites is 1. The lowest BCUT2D eigenvalue weighted by molar-refractivity contribution is -0.119. The molecule has 1 unspecified atom stereocenters. The number of sulfonamides is 1. The van der Waals surface area contributed by atoms with E-state index in [1.807, 2.05) is 0 Å². The number of anilines is 2. The minimum absolute atomic E-state index is 0.0434. The van der Waals surface area contributed by atoms with Gasteiger partial charge in [0.05, 0.1) is 46.3 Å². The number of esters is 1. The first-order chi connectivity index (χ1) is 13.7. The highest BCUT2D eigenvalue weighted by atomic mass is 35.5. The Kier molecular flexibility index (Phi) is 5.63. The molecule has 8 nitrogen and oxygen atoms in total. The lowest BCUT2D eigenvalue weighted by Gasteiger charge is -2.16. The van der Waals surface area contributed by atoms with Crippen molar-refractivity contribution in [2.45, 2.75) is 6.92 Å². The zero-order valence-corrected chi connectivity index (χ0v) is 17.1. The molecule has 1 aliphatic rings. The van der Waals surface area contributed by atoms with Gasteiger partial charge in [-0.15, -0.1) is 0 Å². The molecule has 0 saturated carbocycles. The minimum atomic E-state index is -3.78. The highest BCUT2D eigenvalue weighted by Crippen LogP contribution is 2.31. The van der Waals surface area contributed by atoms with Crippen molar-refractivity contribution >= 4 is 50.8 Å². The molecule has 0 spiro atoms.